The number of benzene rings is 1. The molecule has 0 bridgehead atoms. The van der Waals surface area contributed by atoms with Gasteiger partial charge in [0, 0.05) is 17.0 Å². The average Bonchev–Trinajstić information content (AvgIpc) is 2.56. The van der Waals surface area contributed by atoms with Gasteiger partial charge in [-0.3, -0.25) is 4.79 Å². The lowest BCUT2D eigenvalue weighted by molar-refractivity contribution is -0.309. The van der Waals surface area contributed by atoms with E-state index >= 15 is 0 Å². The lowest BCUT2D eigenvalue weighted by atomic mass is 10.0. The largest absolute Gasteiger partial charge is 0.548 e. The van der Waals surface area contributed by atoms with Crippen LogP contribution in [0.15, 0.2) is 27.4 Å². The van der Waals surface area contributed by atoms with E-state index in [-0.39, 0.29) is 5.92 Å². The van der Waals surface area contributed by atoms with E-state index in [4.69, 9.17) is 9.15 Å². The van der Waals surface area contributed by atoms with Gasteiger partial charge in [0.2, 0.25) is 0 Å². The van der Waals surface area contributed by atoms with Crippen LogP contribution in [0.1, 0.15) is 31.9 Å². The molecule has 0 saturated heterocycles. The molecule has 0 radical (unpaired) electrons. The van der Waals surface area contributed by atoms with Crippen LogP contribution in [0.2, 0.25) is 0 Å². The Balaban J connectivity index is 2.19. The minimum absolute atomic E-state index is 0.322. The molecule has 0 fully saturated rings. The van der Waals surface area contributed by atoms with Gasteiger partial charge in [-0.15, -0.1) is 0 Å². The molecule has 0 spiro atoms. The van der Waals surface area contributed by atoms with E-state index in [1.165, 1.54) is 13.0 Å². The Kier molecular flexibility index (Phi) is 5.69. The highest BCUT2D eigenvalue weighted by molar-refractivity contribution is 5.86. The Morgan fingerprint density at radius 3 is 2.38 bits per heavy atom. The first kappa shape index (κ1) is 19.5. The molecule has 0 aliphatic heterocycles. The number of rotatable bonds is 6. The summed E-state index contributed by atoms with van der Waals surface area (Å²) in [6.45, 7) is 8.36. The predicted octanol–water partition coefficient (Wildman–Crippen LogP) is 1.07. The highest BCUT2D eigenvalue weighted by Gasteiger charge is 2.22. The second-order valence-corrected chi connectivity index (χ2v) is 6.61. The Hall–Kier alpha value is -2.83. The van der Waals surface area contributed by atoms with Gasteiger partial charge in [-0.05, 0) is 44.4 Å². The first-order valence-electron chi connectivity index (χ1n) is 8.33. The number of aryl methyl sites for hydroxylation is 1. The summed E-state index contributed by atoms with van der Waals surface area (Å²) in [4.78, 5) is 35.1. The minimum atomic E-state index is -1.35. The number of aliphatic carboxylic acids is 1. The molecule has 1 aromatic heterocycles. The van der Waals surface area contributed by atoms with E-state index in [0.717, 1.165) is 10.9 Å². The summed E-state index contributed by atoms with van der Waals surface area (Å²) >= 11 is 0. The number of fused-ring (bicyclic) bond motifs is 1. The second kappa shape index (κ2) is 7.59. The second-order valence-electron chi connectivity index (χ2n) is 6.61. The lowest BCUT2D eigenvalue weighted by Gasteiger charge is -2.25. The summed E-state index contributed by atoms with van der Waals surface area (Å²) in [5, 5.41) is 14.3. The molecule has 1 heterocycles. The van der Waals surface area contributed by atoms with Gasteiger partial charge in [0.05, 0.1) is 12.0 Å². The maximum absolute atomic E-state index is 12.2. The fourth-order valence-corrected chi connectivity index (χ4v) is 2.53. The zero-order valence-electron chi connectivity index (χ0n) is 15.4. The van der Waals surface area contributed by atoms with Crippen LogP contribution in [0.3, 0.4) is 0 Å². The Morgan fingerprint density at radius 2 is 1.81 bits per heavy atom. The summed E-state index contributed by atoms with van der Waals surface area (Å²) in [6.07, 6.45) is -0.939. The first-order chi connectivity index (χ1) is 12.1. The molecule has 1 amide bonds. The lowest BCUT2D eigenvalue weighted by Crippen LogP contribution is -2.53. The summed E-state index contributed by atoms with van der Waals surface area (Å²) in [5.41, 5.74) is 1.30. The standard InChI is InChI=1S/C19H23NO6/c1-9(2)16(18(22)23)20-17(21)12(5)25-13-6-7-14-10(3)11(4)19(24)26-15(14)8-13/h6-9,12,16H,1-5H3,(H,20,21)(H,22,23)/p-1/t12-,16+/m1/s1. The maximum Gasteiger partial charge on any atom is 0.339 e. The molecule has 0 aliphatic carbocycles. The molecule has 7 heteroatoms. The number of carboxylic acid groups (broad SMARTS) is 1. The molecular formula is C19H22NO6-. The monoisotopic (exact) mass is 360 g/mol. The molecule has 2 atom stereocenters. The zero-order chi connectivity index (χ0) is 19.6. The van der Waals surface area contributed by atoms with Crippen molar-refractivity contribution in [3.63, 3.8) is 0 Å². The predicted molar refractivity (Wildman–Crippen MR) is 93.8 cm³/mol. The van der Waals surface area contributed by atoms with Gasteiger partial charge in [0.25, 0.3) is 5.91 Å². The Bertz CT molecular complexity index is 899. The van der Waals surface area contributed by atoms with Crippen molar-refractivity contribution in [1.29, 1.82) is 0 Å². The molecular weight excluding hydrogens is 338 g/mol. The molecule has 26 heavy (non-hydrogen) atoms. The van der Waals surface area contributed by atoms with Crippen LogP contribution < -0.4 is 20.8 Å². The summed E-state index contributed by atoms with van der Waals surface area (Å²) in [6, 6.07) is 3.84. The SMILES string of the molecule is Cc1c(C)c2ccc(O[C@H](C)C(=O)N[C@H](C(=O)[O-])C(C)C)cc2oc1=O. The molecule has 140 valence electrons. The molecule has 0 saturated carbocycles. The van der Waals surface area contributed by atoms with Crippen molar-refractivity contribution in [3.05, 3.63) is 39.7 Å². The van der Waals surface area contributed by atoms with E-state index in [1.807, 2.05) is 6.92 Å². The summed E-state index contributed by atoms with van der Waals surface area (Å²) in [7, 11) is 0. The van der Waals surface area contributed by atoms with Gasteiger partial charge in [0.1, 0.15) is 11.3 Å². The maximum atomic E-state index is 12.2. The van der Waals surface area contributed by atoms with Gasteiger partial charge in [0.15, 0.2) is 6.10 Å². The number of ether oxygens (including phenoxy) is 1. The molecule has 7 nitrogen and oxygen atoms in total. The van der Waals surface area contributed by atoms with Crippen molar-refractivity contribution in [2.45, 2.75) is 46.8 Å². The van der Waals surface area contributed by atoms with Crippen molar-refractivity contribution in [2.75, 3.05) is 0 Å². The van der Waals surface area contributed by atoms with Crippen LogP contribution in [0, 0.1) is 19.8 Å². The Labute approximate surface area is 151 Å². The number of hydrogen-bond donors (Lipinski definition) is 1. The van der Waals surface area contributed by atoms with E-state index in [0.29, 0.717) is 16.9 Å². The zero-order valence-corrected chi connectivity index (χ0v) is 15.4. The molecule has 0 unspecified atom stereocenters. The van der Waals surface area contributed by atoms with E-state index in [9.17, 15) is 19.5 Å². The van der Waals surface area contributed by atoms with Crippen molar-refractivity contribution in [1.82, 2.24) is 5.32 Å². The highest BCUT2D eigenvalue weighted by atomic mass is 16.5. The summed E-state index contributed by atoms with van der Waals surface area (Å²) < 4.78 is 10.8. The van der Waals surface area contributed by atoms with E-state index in [2.05, 4.69) is 5.32 Å². The first-order valence-corrected chi connectivity index (χ1v) is 8.33. The molecule has 1 aromatic carbocycles. The average molecular weight is 360 g/mol. The highest BCUT2D eigenvalue weighted by Crippen LogP contribution is 2.24. The third kappa shape index (κ3) is 4.04. The topological polar surface area (TPSA) is 109 Å². The van der Waals surface area contributed by atoms with Crippen molar-refractivity contribution >= 4 is 22.8 Å². The third-order valence-electron chi connectivity index (χ3n) is 4.33. The Morgan fingerprint density at radius 1 is 1.15 bits per heavy atom. The van der Waals surface area contributed by atoms with Crippen molar-refractivity contribution < 1.29 is 23.8 Å². The van der Waals surface area contributed by atoms with Crippen LogP contribution in [-0.2, 0) is 9.59 Å². The van der Waals surface area contributed by atoms with Gasteiger partial charge in [-0.1, -0.05) is 13.8 Å². The van der Waals surface area contributed by atoms with Crippen LogP contribution in [0.5, 0.6) is 5.75 Å². The normalized spacial score (nSPS) is 13.5. The van der Waals surface area contributed by atoms with Gasteiger partial charge in [-0.2, -0.15) is 0 Å². The quantitative estimate of drug-likeness (QED) is 0.772. The van der Waals surface area contributed by atoms with Gasteiger partial charge >= 0.3 is 5.63 Å². The van der Waals surface area contributed by atoms with Crippen molar-refractivity contribution in [2.24, 2.45) is 5.92 Å². The van der Waals surface area contributed by atoms with Gasteiger partial charge in [-0.25, -0.2) is 4.79 Å². The van der Waals surface area contributed by atoms with Crippen molar-refractivity contribution in [3.8, 4) is 5.75 Å². The van der Waals surface area contributed by atoms with E-state index in [1.54, 1.807) is 32.9 Å². The number of carboxylic acids is 1. The fraction of sp³-hybridized carbons (Fsp3) is 0.421. The number of hydrogen-bond acceptors (Lipinski definition) is 6. The third-order valence-corrected chi connectivity index (χ3v) is 4.33. The number of nitrogens with one attached hydrogen (secondary N) is 1. The van der Waals surface area contributed by atoms with Crippen LogP contribution in [-0.4, -0.2) is 24.0 Å². The summed E-state index contributed by atoms with van der Waals surface area (Å²) in [5.74, 6) is -1.91. The van der Waals surface area contributed by atoms with Crippen LogP contribution in [0.25, 0.3) is 11.0 Å². The smallest absolute Gasteiger partial charge is 0.339 e. The number of carbonyl (C=O) groups is 2. The van der Waals surface area contributed by atoms with Crippen LogP contribution >= 0.6 is 0 Å². The molecule has 2 rings (SSSR count). The minimum Gasteiger partial charge on any atom is -0.548 e. The van der Waals surface area contributed by atoms with Gasteiger partial charge < -0.3 is 24.4 Å². The molecule has 2 aromatic rings. The van der Waals surface area contributed by atoms with E-state index < -0.39 is 29.6 Å². The molecule has 1 N–H and O–H groups in total. The number of amides is 1. The fourth-order valence-electron chi connectivity index (χ4n) is 2.53. The molecule has 0 aliphatic rings. The van der Waals surface area contributed by atoms with Crippen LogP contribution in [0.4, 0.5) is 0 Å². The number of carbonyl (C=O) groups excluding carboxylic acids is 2.